The maximum absolute atomic E-state index is 5.59. The Morgan fingerprint density at radius 3 is 2.86 bits per heavy atom. The zero-order valence-corrected chi connectivity index (χ0v) is 8.62. The van der Waals surface area contributed by atoms with Crippen LogP contribution in [0.15, 0.2) is 18.2 Å². The minimum absolute atomic E-state index is 0.670. The molecule has 0 aromatic carbocycles. The van der Waals surface area contributed by atoms with Gasteiger partial charge < -0.3 is 10.1 Å². The number of fused-ring (bicyclic) bond motifs is 1. The van der Waals surface area contributed by atoms with Crippen LogP contribution < -0.4 is 5.73 Å². The molecule has 14 heavy (non-hydrogen) atoms. The van der Waals surface area contributed by atoms with Gasteiger partial charge in [0.25, 0.3) is 0 Å². The summed E-state index contributed by atoms with van der Waals surface area (Å²) in [4.78, 5) is 4.50. The number of nitrogens with zero attached hydrogens (tertiary/aromatic N) is 2. The van der Waals surface area contributed by atoms with Crippen LogP contribution in [0.5, 0.6) is 0 Å². The topological polar surface area (TPSA) is 43.3 Å². The highest BCUT2D eigenvalue weighted by Crippen LogP contribution is 2.14. The third kappa shape index (κ3) is 1.30. The molecule has 2 rings (SSSR count). The quantitative estimate of drug-likeness (QED) is 0.777. The van der Waals surface area contributed by atoms with Crippen molar-refractivity contribution in [2.75, 3.05) is 6.54 Å². The summed E-state index contributed by atoms with van der Waals surface area (Å²) in [5.74, 6) is 0. The molecule has 0 fully saturated rings. The van der Waals surface area contributed by atoms with Gasteiger partial charge in [0, 0.05) is 17.8 Å². The molecule has 3 heteroatoms. The van der Waals surface area contributed by atoms with Crippen molar-refractivity contribution >= 4 is 5.65 Å². The average molecular weight is 189 g/mol. The molecule has 0 bridgehead atoms. The van der Waals surface area contributed by atoms with Crippen LogP contribution in [0.4, 0.5) is 0 Å². The van der Waals surface area contributed by atoms with Crippen molar-refractivity contribution in [3.8, 4) is 0 Å². The summed E-state index contributed by atoms with van der Waals surface area (Å²) in [5, 5.41) is 0. The third-order valence-electron chi connectivity index (χ3n) is 2.52. The molecular weight excluding hydrogens is 174 g/mol. The van der Waals surface area contributed by atoms with Crippen LogP contribution in [0, 0.1) is 13.8 Å². The van der Waals surface area contributed by atoms with Crippen LogP contribution >= 0.6 is 0 Å². The van der Waals surface area contributed by atoms with E-state index >= 15 is 0 Å². The zero-order valence-electron chi connectivity index (χ0n) is 8.62. The van der Waals surface area contributed by atoms with Gasteiger partial charge in [-0.3, -0.25) is 0 Å². The van der Waals surface area contributed by atoms with Gasteiger partial charge in [-0.25, -0.2) is 4.98 Å². The fourth-order valence-electron chi connectivity index (χ4n) is 1.87. The molecule has 0 aliphatic rings. The molecule has 2 aromatic heterocycles. The largest absolute Gasteiger partial charge is 0.330 e. The van der Waals surface area contributed by atoms with Gasteiger partial charge in [-0.1, -0.05) is 6.07 Å². The summed E-state index contributed by atoms with van der Waals surface area (Å²) in [5.41, 5.74) is 10.1. The Morgan fingerprint density at radius 1 is 1.36 bits per heavy atom. The van der Waals surface area contributed by atoms with Crippen molar-refractivity contribution in [3.63, 3.8) is 0 Å². The smallest absolute Gasteiger partial charge is 0.137 e. The van der Waals surface area contributed by atoms with Crippen LogP contribution in [0.2, 0.25) is 0 Å². The van der Waals surface area contributed by atoms with E-state index in [1.807, 2.05) is 19.1 Å². The van der Waals surface area contributed by atoms with Gasteiger partial charge in [0.1, 0.15) is 5.65 Å². The highest BCUT2D eigenvalue weighted by atomic mass is 15.0. The van der Waals surface area contributed by atoms with Gasteiger partial charge >= 0.3 is 0 Å². The molecule has 2 heterocycles. The highest BCUT2D eigenvalue weighted by Gasteiger charge is 2.08. The van der Waals surface area contributed by atoms with Gasteiger partial charge in [-0.2, -0.15) is 0 Å². The van der Waals surface area contributed by atoms with Gasteiger partial charge in [0.2, 0.25) is 0 Å². The number of hydrogen-bond donors (Lipinski definition) is 1. The number of imidazole rings is 1. The second kappa shape index (κ2) is 3.42. The summed E-state index contributed by atoms with van der Waals surface area (Å²) < 4.78 is 2.18. The van der Waals surface area contributed by atoms with Crippen LogP contribution in [-0.4, -0.2) is 15.9 Å². The lowest BCUT2D eigenvalue weighted by Crippen LogP contribution is -2.07. The SMILES string of the molecule is Cc1nc2cccc(C)n2c1CCN. The molecule has 0 amide bonds. The van der Waals surface area contributed by atoms with Crippen molar-refractivity contribution in [3.05, 3.63) is 35.3 Å². The Hall–Kier alpha value is -1.35. The first-order chi connectivity index (χ1) is 6.74. The number of hydrogen-bond acceptors (Lipinski definition) is 2. The summed E-state index contributed by atoms with van der Waals surface area (Å²) in [6.07, 6.45) is 0.887. The van der Waals surface area contributed by atoms with Gasteiger partial charge in [0.05, 0.1) is 5.69 Å². The Morgan fingerprint density at radius 2 is 2.14 bits per heavy atom. The lowest BCUT2D eigenvalue weighted by molar-refractivity contribution is 0.879. The Kier molecular flexibility index (Phi) is 2.25. The first kappa shape index (κ1) is 9.21. The van der Waals surface area contributed by atoms with E-state index in [9.17, 15) is 0 Å². The van der Waals surface area contributed by atoms with Crippen molar-refractivity contribution < 1.29 is 0 Å². The minimum atomic E-state index is 0.670. The average Bonchev–Trinajstić information content (AvgIpc) is 2.45. The van der Waals surface area contributed by atoms with E-state index in [-0.39, 0.29) is 0 Å². The first-order valence-corrected chi connectivity index (χ1v) is 4.87. The molecule has 0 atom stereocenters. The maximum atomic E-state index is 5.59. The van der Waals surface area contributed by atoms with E-state index < -0.39 is 0 Å². The van der Waals surface area contributed by atoms with Crippen molar-refractivity contribution in [1.29, 1.82) is 0 Å². The second-order valence-electron chi connectivity index (χ2n) is 3.54. The normalized spacial score (nSPS) is 11.1. The van der Waals surface area contributed by atoms with Gasteiger partial charge in [-0.05, 0) is 32.5 Å². The third-order valence-corrected chi connectivity index (χ3v) is 2.52. The summed E-state index contributed by atoms with van der Waals surface area (Å²) in [6.45, 7) is 4.80. The van der Waals surface area contributed by atoms with E-state index in [1.54, 1.807) is 0 Å². The molecule has 0 aliphatic carbocycles. The molecule has 2 N–H and O–H groups in total. The number of aryl methyl sites for hydroxylation is 2. The molecule has 0 saturated carbocycles. The summed E-state index contributed by atoms with van der Waals surface area (Å²) in [7, 11) is 0. The van der Waals surface area contributed by atoms with Crippen molar-refractivity contribution in [2.24, 2.45) is 5.73 Å². The van der Waals surface area contributed by atoms with Crippen molar-refractivity contribution in [1.82, 2.24) is 9.38 Å². The van der Waals surface area contributed by atoms with E-state index in [2.05, 4.69) is 22.4 Å². The molecular formula is C11H15N3. The highest BCUT2D eigenvalue weighted by molar-refractivity contribution is 5.44. The number of pyridine rings is 1. The predicted molar refractivity (Wildman–Crippen MR) is 57.4 cm³/mol. The lowest BCUT2D eigenvalue weighted by Gasteiger charge is -2.04. The van der Waals surface area contributed by atoms with Crippen LogP contribution in [0.1, 0.15) is 17.1 Å². The monoisotopic (exact) mass is 189 g/mol. The first-order valence-electron chi connectivity index (χ1n) is 4.87. The fourth-order valence-corrected chi connectivity index (χ4v) is 1.87. The zero-order chi connectivity index (χ0) is 10.1. The van der Waals surface area contributed by atoms with E-state index in [0.29, 0.717) is 6.54 Å². The predicted octanol–water partition coefficient (Wildman–Crippen LogP) is 1.45. The van der Waals surface area contributed by atoms with E-state index in [4.69, 9.17) is 5.73 Å². The standard InChI is InChI=1S/C11H15N3/c1-8-4-3-5-11-13-9(2)10(6-7-12)14(8)11/h3-5H,6-7,12H2,1-2H3. The lowest BCUT2D eigenvalue weighted by atomic mass is 10.2. The second-order valence-corrected chi connectivity index (χ2v) is 3.54. The Bertz CT molecular complexity index is 457. The van der Waals surface area contributed by atoms with Crippen LogP contribution in [-0.2, 0) is 6.42 Å². The van der Waals surface area contributed by atoms with Crippen LogP contribution in [0.3, 0.4) is 0 Å². The fraction of sp³-hybridized carbons (Fsp3) is 0.364. The van der Waals surface area contributed by atoms with Crippen molar-refractivity contribution in [2.45, 2.75) is 20.3 Å². The van der Waals surface area contributed by atoms with E-state index in [1.165, 1.54) is 11.4 Å². The molecule has 2 aromatic rings. The molecule has 0 radical (unpaired) electrons. The summed E-state index contributed by atoms with van der Waals surface area (Å²) in [6, 6.07) is 6.15. The Balaban J connectivity index is 2.73. The van der Waals surface area contributed by atoms with E-state index in [0.717, 1.165) is 17.8 Å². The Labute approximate surface area is 83.6 Å². The molecule has 0 aliphatic heterocycles. The van der Waals surface area contributed by atoms with Crippen LogP contribution in [0.25, 0.3) is 5.65 Å². The number of rotatable bonds is 2. The molecule has 3 nitrogen and oxygen atoms in total. The minimum Gasteiger partial charge on any atom is -0.330 e. The molecule has 0 unspecified atom stereocenters. The molecule has 0 spiro atoms. The van der Waals surface area contributed by atoms with Gasteiger partial charge in [-0.15, -0.1) is 0 Å². The number of nitrogens with two attached hydrogens (primary N) is 1. The molecule has 74 valence electrons. The molecule has 0 saturated heterocycles. The number of aromatic nitrogens is 2. The van der Waals surface area contributed by atoms with Gasteiger partial charge in [0.15, 0.2) is 0 Å². The maximum Gasteiger partial charge on any atom is 0.137 e. The summed E-state index contributed by atoms with van der Waals surface area (Å²) >= 11 is 0.